The summed E-state index contributed by atoms with van der Waals surface area (Å²) in [5.41, 5.74) is -1.69. The highest BCUT2D eigenvalue weighted by atomic mass is 16.6. The fourth-order valence-corrected chi connectivity index (χ4v) is 2.31. The van der Waals surface area contributed by atoms with E-state index in [4.69, 9.17) is 9.47 Å². The van der Waals surface area contributed by atoms with Crippen LogP contribution in [-0.4, -0.2) is 46.2 Å². The van der Waals surface area contributed by atoms with Crippen LogP contribution in [0, 0.1) is 5.41 Å². The number of amides is 1. The maximum Gasteiger partial charge on any atom is 0.412 e. The molecule has 5 nitrogen and oxygen atoms in total. The third-order valence-electron chi connectivity index (χ3n) is 3.36. The van der Waals surface area contributed by atoms with Crippen LogP contribution in [-0.2, 0) is 9.47 Å². The van der Waals surface area contributed by atoms with E-state index in [-0.39, 0.29) is 5.41 Å². The summed E-state index contributed by atoms with van der Waals surface area (Å²) in [4.78, 5) is 14.0. The van der Waals surface area contributed by atoms with Gasteiger partial charge in [-0.3, -0.25) is 4.90 Å². The van der Waals surface area contributed by atoms with Crippen molar-refractivity contribution in [3.05, 3.63) is 0 Å². The molecule has 1 aliphatic heterocycles. The number of rotatable bonds is 1. The Kier molecular flexibility index (Phi) is 4.47. The Morgan fingerprint density at radius 1 is 1.30 bits per heavy atom. The van der Waals surface area contributed by atoms with E-state index in [1.165, 1.54) is 4.90 Å². The molecule has 1 heterocycles. The van der Waals surface area contributed by atoms with Gasteiger partial charge >= 0.3 is 6.09 Å². The number of carbonyl (C=O) groups excluding carboxylic acids is 1. The first-order valence-electron chi connectivity index (χ1n) is 7.10. The van der Waals surface area contributed by atoms with E-state index < -0.39 is 29.6 Å². The molecule has 1 rings (SSSR count). The Balaban J connectivity index is 3.00. The molecule has 0 aromatic rings. The quantitative estimate of drug-likeness (QED) is 0.805. The van der Waals surface area contributed by atoms with Gasteiger partial charge in [0.2, 0.25) is 0 Å². The molecule has 0 saturated carbocycles. The van der Waals surface area contributed by atoms with Crippen LogP contribution in [0.2, 0.25) is 0 Å². The predicted octanol–water partition coefficient (Wildman–Crippen LogP) is 2.77. The molecule has 1 saturated heterocycles. The molecule has 20 heavy (non-hydrogen) atoms. The summed E-state index contributed by atoms with van der Waals surface area (Å²) < 4.78 is 11.1. The molecular formula is C15H29NO4. The summed E-state index contributed by atoms with van der Waals surface area (Å²) in [5, 5.41) is 10.5. The number of hydrogen-bond acceptors (Lipinski definition) is 4. The smallest absolute Gasteiger partial charge is 0.412 e. The normalized spacial score (nSPS) is 24.6. The zero-order valence-corrected chi connectivity index (χ0v) is 14.0. The van der Waals surface area contributed by atoms with Crippen molar-refractivity contribution in [1.82, 2.24) is 4.90 Å². The molecule has 0 bridgehead atoms. The maximum atomic E-state index is 12.4. The monoisotopic (exact) mass is 287 g/mol. The summed E-state index contributed by atoms with van der Waals surface area (Å²) >= 11 is 0. The molecule has 1 N–H and O–H groups in total. The van der Waals surface area contributed by atoms with Crippen LogP contribution in [0.4, 0.5) is 4.79 Å². The lowest BCUT2D eigenvalue weighted by atomic mass is 9.84. The molecule has 0 radical (unpaired) electrons. The topological polar surface area (TPSA) is 59.0 Å². The molecular weight excluding hydrogens is 258 g/mol. The number of aliphatic hydroxyl groups is 1. The minimum atomic E-state index is -0.779. The van der Waals surface area contributed by atoms with Gasteiger partial charge in [-0.15, -0.1) is 0 Å². The lowest BCUT2D eigenvalue weighted by Gasteiger charge is -2.39. The summed E-state index contributed by atoms with van der Waals surface area (Å²) in [6.45, 7) is 15.2. The number of hydrogen-bond donors (Lipinski definition) is 1. The lowest BCUT2D eigenvalue weighted by Crippen LogP contribution is -2.55. The van der Waals surface area contributed by atoms with Crippen molar-refractivity contribution in [2.45, 2.75) is 78.9 Å². The van der Waals surface area contributed by atoms with Gasteiger partial charge in [-0.2, -0.15) is 0 Å². The Morgan fingerprint density at radius 2 is 1.80 bits per heavy atom. The minimum absolute atomic E-state index is 0.310. The largest absolute Gasteiger partial charge is 0.444 e. The van der Waals surface area contributed by atoms with Gasteiger partial charge in [-0.05, 0) is 40.0 Å². The zero-order valence-electron chi connectivity index (χ0n) is 14.0. The Hall–Kier alpha value is -0.810. The fourth-order valence-electron chi connectivity index (χ4n) is 2.31. The van der Waals surface area contributed by atoms with Crippen molar-refractivity contribution in [3.63, 3.8) is 0 Å². The first-order valence-corrected chi connectivity index (χ1v) is 7.10. The SMILES string of the molecule is CC(C)(C)OC(=O)N1[C@H]([C@H](O)C(C)(C)C)COC1(C)C. The third-order valence-corrected chi connectivity index (χ3v) is 3.36. The Bertz CT molecular complexity index is 365. The summed E-state index contributed by atoms with van der Waals surface area (Å²) in [7, 11) is 0. The fraction of sp³-hybridized carbons (Fsp3) is 0.933. The third kappa shape index (κ3) is 3.85. The van der Waals surface area contributed by atoms with E-state index in [1.54, 1.807) is 0 Å². The van der Waals surface area contributed by atoms with E-state index in [0.717, 1.165) is 0 Å². The van der Waals surface area contributed by atoms with E-state index in [0.29, 0.717) is 6.61 Å². The van der Waals surface area contributed by atoms with Crippen LogP contribution in [0.25, 0.3) is 0 Å². The van der Waals surface area contributed by atoms with Gasteiger partial charge in [0.15, 0.2) is 0 Å². The standard InChI is InChI=1S/C15H29NO4/c1-13(2,3)11(17)10-9-19-15(7,8)16(10)12(18)20-14(4,5)6/h10-11,17H,9H2,1-8H3/t10-,11-/m0/s1. The van der Waals surface area contributed by atoms with Crippen LogP contribution < -0.4 is 0 Å². The lowest BCUT2D eigenvalue weighted by molar-refractivity contribution is -0.0741. The van der Waals surface area contributed by atoms with Crippen molar-refractivity contribution in [3.8, 4) is 0 Å². The first-order chi connectivity index (χ1) is 8.76. The molecule has 1 aliphatic rings. The molecule has 0 unspecified atom stereocenters. The molecule has 0 aliphatic carbocycles. The van der Waals surface area contributed by atoms with Crippen molar-refractivity contribution in [1.29, 1.82) is 0 Å². The number of carbonyl (C=O) groups is 1. The van der Waals surface area contributed by atoms with E-state index in [1.807, 2.05) is 55.4 Å². The molecule has 118 valence electrons. The van der Waals surface area contributed by atoms with Crippen LogP contribution in [0.1, 0.15) is 55.4 Å². The Labute approximate surface area is 122 Å². The highest BCUT2D eigenvalue weighted by molar-refractivity contribution is 5.70. The van der Waals surface area contributed by atoms with E-state index in [9.17, 15) is 9.90 Å². The van der Waals surface area contributed by atoms with Crippen LogP contribution in [0.5, 0.6) is 0 Å². The van der Waals surface area contributed by atoms with Crippen molar-refractivity contribution in [2.75, 3.05) is 6.61 Å². The number of ether oxygens (including phenoxy) is 2. The van der Waals surface area contributed by atoms with Crippen molar-refractivity contribution < 1.29 is 19.4 Å². The summed E-state index contributed by atoms with van der Waals surface area (Å²) in [6, 6.07) is -0.403. The highest BCUT2D eigenvalue weighted by Gasteiger charge is 2.50. The molecule has 5 heteroatoms. The molecule has 0 spiro atoms. The van der Waals surface area contributed by atoms with Crippen molar-refractivity contribution in [2.24, 2.45) is 5.41 Å². The number of aliphatic hydroxyl groups excluding tert-OH is 1. The second-order valence-electron chi connectivity index (χ2n) is 7.99. The summed E-state index contributed by atoms with van der Waals surface area (Å²) in [6.07, 6.45) is -1.13. The second-order valence-corrected chi connectivity index (χ2v) is 7.99. The van der Waals surface area contributed by atoms with E-state index >= 15 is 0 Å². The molecule has 0 aromatic heterocycles. The van der Waals surface area contributed by atoms with Gasteiger partial charge in [0.05, 0.1) is 18.8 Å². The van der Waals surface area contributed by atoms with Gasteiger partial charge < -0.3 is 14.6 Å². The zero-order chi connectivity index (χ0) is 15.9. The predicted molar refractivity (Wildman–Crippen MR) is 77.4 cm³/mol. The molecule has 2 atom stereocenters. The van der Waals surface area contributed by atoms with Gasteiger partial charge in [-0.1, -0.05) is 20.8 Å². The van der Waals surface area contributed by atoms with Gasteiger partial charge in [0, 0.05) is 0 Å². The van der Waals surface area contributed by atoms with Gasteiger partial charge in [0.25, 0.3) is 0 Å². The minimum Gasteiger partial charge on any atom is -0.444 e. The van der Waals surface area contributed by atoms with Crippen molar-refractivity contribution >= 4 is 6.09 Å². The van der Waals surface area contributed by atoms with E-state index in [2.05, 4.69) is 0 Å². The highest BCUT2D eigenvalue weighted by Crippen LogP contribution is 2.35. The summed E-state index contributed by atoms with van der Waals surface area (Å²) in [5.74, 6) is 0. The molecule has 0 aromatic carbocycles. The first kappa shape index (κ1) is 17.2. The van der Waals surface area contributed by atoms with Gasteiger partial charge in [-0.25, -0.2) is 4.79 Å². The van der Waals surface area contributed by atoms with Crippen LogP contribution >= 0.6 is 0 Å². The Morgan fingerprint density at radius 3 is 2.20 bits per heavy atom. The average molecular weight is 287 g/mol. The maximum absolute atomic E-state index is 12.4. The van der Waals surface area contributed by atoms with Crippen LogP contribution in [0.15, 0.2) is 0 Å². The number of nitrogens with zero attached hydrogens (tertiary/aromatic N) is 1. The van der Waals surface area contributed by atoms with Crippen LogP contribution in [0.3, 0.4) is 0 Å². The second kappa shape index (κ2) is 5.19. The van der Waals surface area contributed by atoms with Gasteiger partial charge in [0.1, 0.15) is 11.3 Å². The molecule has 1 amide bonds. The molecule has 1 fully saturated rings. The average Bonchev–Trinajstić information content (AvgIpc) is 2.48.